The van der Waals surface area contributed by atoms with Gasteiger partial charge in [0.15, 0.2) is 0 Å². The van der Waals surface area contributed by atoms with Crippen molar-refractivity contribution < 1.29 is 4.74 Å². The van der Waals surface area contributed by atoms with Gasteiger partial charge in [0.1, 0.15) is 5.75 Å². The average molecular weight is 344 g/mol. The first-order valence-electron chi connectivity index (χ1n) is 6.82. The maximum atomic E-state index is 6.52. The van der Waals surface area contributed by atoms with Crippen LogP contribution in [0.2, 0.25) is 10.0 Å². The highest BCUT2D eigenvalue weighted by atomic mass is 35.5. The summed E-state index contributed by atoms with van der Waals surface area (Å²) in [5.74, 6) is 0.590. The van der Waals surface area contributed by atoms with E-state index >= 15 is 0 Å². The van der Waals surface area contributed by atoms with Crippen molar-refractivity contribution in [1.29, 1.82) is 0 Å². The van der Waals surface area contributed by atoms with Crippen LogP contribution >= 0.6 is 34.8 Å². The molecule has 0 aliphatic rings. The molecule has 0 aromatic heterocycles. The molecule has 0 bridgehead atoms. The predicted molar refractivity (Wildman–Crippen MR) is 91.1 cm³/mol. The number of aryl methyl sites for hydroxylation is 1. The lowest BCUT2D eigenvalue weighted by molar-refractivity contribution is 0.340. The Balaban J connectivity index is 2.23. The van der Waals surface area contributed by atoms with Gasteiger partial charge in [0.2, 0.25) is 0 Å². The van der Waals surface area contributed by atoms with Crippen molar-refractivity contribution in [3.63, 3.8) is 0 Å². The second-order valence-electron chi connectivity index (χ2n) is 4.90. The summed E-state index contributed by atoms with van der Waals surface area (Å²) in [4.78, 5) is 0. The quantitative estimate of drug-likeness (QED) is 0.585. The van der Waals surface area contributed by atoms with E-state index in [0.717, 1.165) is 5.56 Å². The van der Waals surface area contributed by atoms with Gasteiger partial charge >= 0.3 is 0 Å². The van der Waals surface area contributed by atoms with E-state index in [4.69, 9.17) is 39.5 Å². The van der Waals surface area contributed by atoms with Gasteiger partial charge in [0, 0.05) is 11.1 Å². The normalized spacial score (nSPS) is 12.2. The van der Waals surface area contributed by atoms with Crippen molar-refractivity contribution in [2.24, 2.45) is 0 Å². The molecule has 1 atom stereocenters. The van der Waals surface area contributed by atoms with Crippen LogP contribution in [0.1, 0.15) is 29.0 Å². The summed E-state index contributed by atoms with van der Waals surface area (Å²) in [7, 11) is 0. The molecule has 1 nitrogen and oxygen atoms in total. The monoisotopic (exact) mass is 342 g/mol. The lowest BCUT2D eigenvalue weighted by atomic mass is 10.0. The summed E-state index contributed by atoms with van der Waals surface area (Å²) in [6.07, 6.45) is 0.702. The van der Waals surface area contributed by atoms with Crippen molar-refractivity contribution in [3.05, 3.63) is 63.1 Å². The maximum Gasteiger partial charge on any atom is 0.139 e. The number of alkyl halides is 1. The molecule has 2 rings (SSSR count). The van der Waals surface area contributed by atoms with Crippen LogP contribution in [0.3, 0.4) is 0 Å². The second-order valence-corrected chi connectivity index (χ2v) is 6.24. The number of rotatable bonds is 5. The fourth-order valence-corrected chi connectivity index (χ4v) is 3.13. The molecule has 112 valence electrons. The summed E-state index contributed by atoms with van der Waals surface area (Å²) in [6.45, 7) is 4.51. The zero-order chi connectivity index (χ0) is 15.4. The van der Waals surface area contributed by atoms with Crippen LogP contribution in [0.5, 0.6) is 5.75 Å². The topological polar surface area (TPSA) is 9.23 Å². The third kappa shape index (κ3) is 4.29. The number of ether oxygens (including phenoxy) is 1. The van der Waals surface area contributed by atoms with Crippen LogP contribution in [-0.4, -0.2) is 6.61 Å². The molecule has 0 amide bonds. The fourth-order valence-electron chi connectivity index (χ4n) is 2.21. The summed E-state index contributed by atoms with van der Waals surface area (Å²) < 4.78 is 5.43. The Kier molecular flexibility index (Phi) is 5.80. The molecule has 0 heterocycles. The molecule has 0 radical (unpaired) electrons. The second kappa shape index (κ2) is 7.40. The predicted octanol–water partition coefficient (Wildman–Crippen LogP) is 6.22. The summed E-state index contributed by atoms with van der Waals surface area (Å²) >= 11 is 19.0. The molecule has 2 aromatic rings. The number of benzene rings is 2. The van der Waals surface area contributed by atoms with E-state index in [-0.39, 0.29) is 5.38 Å². The minimum atomic E-state index is -0.229. The molecule has 1 unspecified atom stereocenters. The Bertz CT molecular complexity index is 625. The Morgan fingerprint density at radius 2 is 1.86 bits per heavy atom. The lowest BCUT2D eigenvalue weighted by Gasteiger charge is -2.15. The van der Waals surface area contributed by atoms with E-state index in [9.17, 15) is 0 Å². The first-order chi connectivity index (χ1) is 10.0. The van der Waals surface area contributed by atoms with Gasteiger partial charge in [-0.2, -0.15) is 0 Å². The molecule has 0 saturated carbocycles. The third-order valence-electron chi connectivity index (χ3n) is 3.19. The van der Waals surface area contributed by atoms with Crippen molar-refractivity contribution in [2.45, 2.75) is 25.6 Å². The molecular formula is C17H17Cl3O. The van der Waals surface area contributed by atoms with Gasteiger partial charge in [-0.3, -0.25) is 0 Å². The zero-order valence-corrected chi connectivity index (χ0v) is 14.3. The SMILES string of the molecule is CCOc1cc(Cl)c(C(Cl)Cc2cccc(C)c2)cc1Cl. The van der Waals surface area contributed by atoms with E-state index < -0.39 is 0 Å². The zero-order valence-electron chi connectivity index (χ0n) is 12.0. The van der Waals surface area contributed by atoms with Crippen molar-refractivity contribution in [3.8, 4) is 5.75 Å². The molecule has 0 N–H and O–H groups in total. The Labute approximate surface area is 140 Å². The van der Waals surface area contributed by atoms with Crippen LogP contribution < -0.4 is 4.74 Å². The van der Waals surface area contributed by atoms with Crippen molar-refractivity contribution >= 4 is 34.8 Å². The molecule has 0 saturated heterocycles. The first kappa shape index (κ1) is 16.5. The van der Waals surface area contributed by atoms with Gasteiger partial charge in [-0.15, -0.1) is 11.6 Å². The molecule has 2 aromatic carbocycles. The first-order valence-corrected chi connectivity index (χ1v) is 8.01. The summed E-state index contributed by atoms with van der Waals surface area (Å²) in [6, 6.07) is 11.8. The fraction of sp³-hybridized carbons (Fsp3) is 0.294. The van der Waals surface area contributed by atoms with Gasteiger partial charge < -0.3 is 4.74 Å². The number of halogens is 3. The van der Waals surface area contributed by atoms with Crippen LogP contribution in [0.25, 0.3) is 0 Å². The van der Waals surface area contributed by atoms with Crippen molar-refractivity contribution in [2.75, 3.05) is 6.61 Å². The Hall–Kier alpha value is -0.890. The summed E-state index contributed by atoms with van der Waals surface area (Å²) in [5, 5.41) is 0.883. The highest BCUT2D eigenvalue weighted by molar-refractivity contribution is 6.35. The molecule has 0 spiro atoms. The molecule has 4 heteroatoms. The number of hydrogen-bond donors (Lipinski definition) is 0. The minimum Gasteiger partial charge on any atom is -0.492 e. The largest absolute Gasteiger partial charge is 0.492 e. The maximum absolute atomic E-state index is 6.52. The van der Waals surface area contributed by atoms with Gasteiger partial charge in [-0.25, -0.2) is 0 Å². The van der Waals surface area contributed by atoms with E-state index in [1.165, 1.54) is 11.1 Å². The molecular weight excluding hydrogens is 327 g/mol. The van der Waals surface area contributed by atoms with Crippen LogP contribution in [0, 0.1) is 6.92 Å². The van der Waals surface area contributed by atoms with Crippen LogP contribution in [-0.2, 0) is 6.42 Å². The van der Waals surface area contributed by atoms with E-state index in [1.807, 2.05) is 13.0 Å². The molecule has 0 aliphatic carbocycles. The van der Waals surface area contributed by atoms with Gasteiger partial charge in [0.25, 0.3) is 0 Å². The highest BCUT2D eigenvalue weighted by Crippen LogP contribution is 2.37. The highest BCUT2D eigenvalue weighted by Gasteiger charge is 2.16. The van der Waals surface area contributed by atoms with Gasteiger partial charge in [0.05, 0.1) is 17.0 Å². The number of hydrogen-bond acceptors (Lipinski definition) is 1. The molecule has 0 fully saturated rings. The smallest absolute Gasteiger partial charge is 0.139 e. The summed E-state index contributed by atoms with van der Waals surface area (Å²) in [5.41, 5.74) is 3.22. The minimum absolute atomic E-state index is 0.229. The Morgan fingerprint density at radius 3 is 2.52 bits per heavy atom. The van der Waals surface area contributed by atoms with Crippen LogP contribution in [0.4, 0.5) is 0 Å². The van der Waals surface area contributed by atoms with E-state index in [2.05, 4.69) is 25.1 Å². The lowest BCUT2D eigenvalue weighted by Crippen LogP contribution is -1.99. The molecule has 0 aliphatic heterocycles. The average Bonchev–Trinajstić information content (AvgIpc) is 2.42. The van der Waals surface area contributed by atoms with E-state index in [1.54, 1.807) is 12.1 Å². The van der Waals surface area contributed by atoms with E-state index in [0.29, 0.717) is 28.8 Å². The van der Waals surface area contributed by atoms with Crippen LogP contribution in [0.15, 0.2) is 36.4 Å². The van der Waals surface area contributed by atoms with Gasteiger partial charge in [-0.1, -0.05) is 53.0 Å². The standard InChI is InChI=1S/C17H17Cl3O/c1-3-21-17-10-15(19)13(9-16(17)20)14(18)8-12-6-4-5-11(2)7-12/h4-7,9-10,14H,3,8H2,1-2H3. The molecule has 21 heavy (non-hydrogen) atoms. The third-order valence-corrected chi connectivity index (χ3v) is 4.20. The van der Waals surface area contributed by atoms with Gasteiger partial charge in [-0.05, 0) is 37.5 Å². The Morgan fingerprint density at radius 1 is 1.10 bits per heavy atom. The van der Waals surface area contributed by atoms with Crippen molar-refractivity contribution in [1.82, 2.24) is 0 Å².